The Bertz CT molecular complexity index is 1530. The van der Waals surface area contributed by atoms with Crippen molar-refractivity contribution in [2.75, 3.05) is 30.9 Å². The van der Waals surface area contributed by atoms with Gasteiger partial charge in [0.05, 0.1) is 30.1 Å². The first-order chi connectivity index (χ1) is 21.0. The number of halogens is 6. The number of ether oxygens (including phenoxy) is 2. The standard InChI is InChI=1S/C29H29ClF5N5O4/c1-43-27(41)37-16-6-7-17-20(12-16)38-23(29(33,34)35)5-3-2-4-22(26-36-13-21(17)39-26)40-11-10-15(14-44-28(40)42)24-19(31)9-8-18(30)25(24)32/h6-9,12-13,15,22-23,38H,2-5,10-11,14H2,1H3,(H,36,39)(H,37,41). The summed E-state index contributed by atoms with van der Waals surface area (Å²) >= 11 is 5.88. The summed E-state index contributed by atoms with van der Waals surface area (Å²) in [6.07, 6.45) is -4.07. The number of carbonyl (C=O) groups is 2. The summed E-state index contributed by atoms with van der Waals surface area (Å²) in [7, 11) is 1.16. The number of cyclic esters (lactones) is 1. The number of imidazole rings is 1. The smallest absolute Gasteiger partial charge is 0.411 e. The third kappa shape index (κ3) is 6.69. The van der Waals surface area contributed by atoms with Crippen molar-refractivity contribution in [1.82, 2.24) is 14.9 Å². The summed E-state index contributed by atoms with van der Waals surface area (Å²) in [5, 5.41) is 4.78. The molecule has 44 heavy (non-hydrogen) atoms. The number of aromatic nitrogens is 2. The number of nitrogens with zero attached hydrogens (tertiary/aromatic N) is 2. The van der Waals surface area contributed by atoms with Gasteiger partial charge in [0.2, 0.25) is 0 Å². The number of anilines is 2. The predicted octanol–water partition coefficient (Wildman–Crippen LogP) is 7.77. The van der Waals surface area contributed by atoms with Crippen LogP contribution >= 0.6 is 11.6 Å². The Labute approximate surface area is 254 Å². The molecule has 1 saturated heterocycles. The zero-order valence-electron chi connectivity index (χ0n) is 23.4. The van der Waals surface area contributed by atoms with Crippen molar-refractivity contribution < 1.29 is 41.0 Å². The molecule has 0 aliphatic carbocycles. The maximum Gasteiger partial charge on any atom is 0.411 e. The van der Waals surface area contributed by atoms with Gasteiger partial charge in [-0.05, 0) is 49.6 Å². The van der Waals surface area contributed by atoms with E-state index in [2.05, 4.69) is 25.3 Å². The molecule has 0 spiro atoms. The molecule has 3 unspecified atom stereocenters. The maximum atomic E-state index is 14.8. The van der Waals surface area contributed by atoms with Crippen LogP contribution in [0.3, 0.4) is 0 Å². The van der Waals surface area contributed by atoms with Gasteiger partial charge in [-0.1, -0.05) is 24.4 Å². The van der Waals surface area contributed by atoms with Crippen molar-refractivity contribution in [3.8, 4) is 11.3 Å². The van der Waals surface area contributed by atoms with Gasteiger partial charge in [-0.25, -0.2) is 23.4 Å². The third-order valence-corrected chi connectivity index (χ3v) is 8.11. The van der Waals surface area contributed by atoms with E-state index in [0.29, 0.717) is 23.5 Å². The monoisotopic (exact) mass is 641 g/mol. The van der Waals surface area contributed by atoms with Crippen LogP contribution in [-0.2, 0) is 9.47 Å². The van der Waals surface area contributed by atoms with E-state index in [1.54, 1.807) is 0 Å². The molecule has 3 atom stereocenters. The second-order valence-corrected chi connectivity index (χ2v) is 11.0. The van der Waals surface area contributed by atoms with E-state index < -0.39 is 48.0 Å². The number of benzene rings is 2. The van der Waals surface area contributed by atoms with Crippen LogP contribution in [0.25, 0.3) is 11.3 Å². The molecule has 3 aromatic rings. The van der Waals surface area contributed by atoms with Gasteiger partial charge in [0.15, 0.2) is 0 Å². The molecule has 15 heteroatoms. The van der Waals surface area contributed by atoms with E-state index in [1.165, 1.54) is 29.3 Å². The lowest BCUT2D eigenvalue weighted by atomic mass is 9.95. The molecular formula is C29H29ClF5N5O4. The van der Waals surface area contributed by atoms with E-state index in [0.717, 1.165) is 19.2 Å². The van der Waals surface area contributed by atoms with Crippen LogP contribution in [0.5, 0.6) is 0 Å². The van der Waals surface area contributed by atoms with Crippen molar-refractivity contribution in [3.63, 3.8) is 0 Å². The van der Waals surface area contributed by atoms with Gasteiger partial charge < -0.3 is 19.8 Å². The number of fused-ring (bicyclic) bond motifs is 4. The van der Waals surface area contributed by atoms with Crippen LogP contribution in [0.1, 0.15) is 55.5 Å². The molecule has 1 aromatic heterocycles. The number of methoxy groups -OCH3 is 1. The molecule has 3 N–H and O–H groups in total. The summed E-state index contributed by atoms with van der Waals surface area (Å²) in [6.45, 7) is -0.241. The Balaban J connectivity index is 1.48. The van der Waals surface area contributed by atoms with Crippen molar-refractivity contribution >= 4 is 35.2 Å². The molecule has 236 valence electrons. The number of carbonyl (C=O) groups excluding carboxylic acids is 2. The van der Waals surface area contributed by atoms with Crippen LogP contribution in [0.15, 0.2) is 36.5 Å². The number of H-pyrrole nitrogens is 1. The van der Waals surface area contributed by atoms with Gasteiger partial charge >= 0.3 is 18.4 Å². The lowest BCUT2D eigenvalue weighted by molar-refractivity contribution is -0.144. The van der Waals surface area contributed by atoms with Gasteiger partial charge in [-0.2, -0.15) is 13.2 Å². The minimum absolute atomic E-state index is 0.0431. The number of rotatable bonds is 3. The Hall–Kier alpha value is -4.07. The first kappa shape index (κ1) is 31.4. The Morgan fingerprint density at radius 3 is 2.68 bits per heavy atom. The number of hydrogen-bond donors (Lipinski definition) is 3. The quantitative estimate of drug-likeness (QED) is 0.199. The van der Waals surface area contributed by atoms with Gasteiger partial charge in [-0.3, -0.25) is 10.2 Å². The fourth-order valence-electron chi connectivity index (χ4n) is 5.57. The molecule has 2 aliphatic rings. The Morgan fingerprint density at radius 2 is 1.93 bits per heavy atom. The first-order valence-electron chi connectivity index (χ1n) is 13.9. The van der Waals surface area contributed by atoms with Crippen molar-refractivity contribution in [3.05, 3.63) is 64.6 Å². The van der Waals surface area contributed by atoms with Crippen molar-refractivity contribution in [2.45, 2.75) is 56.3 Å². The molecule has 1 fully saturated rings. The van der Waals surface area contributed by atoms with Crippen LogP contribution in [0.4, 0.5) is 42.9 Å². The number of aromatic amines is 1. The molecule has 3 heterocycles. The fourth-order valence-corrected chi connectivity index (χ4v) is 5.74. The van der Waals surface area contributed by atoms with Crippen LogP contribution in [-0.4, -0.2) is 59.5 Å². The average Bonchev–Trinajstić information content (AvgIpc) is 3.38. The molecule has 2 bridgehead atoms. The lowest BCUT2D eigenvalue weighted by Crippen LogP contribution is -2.37. The van der Waals surface area contributed by atoms with E-state index in [-0.39, 0.29) is 60.8 Å². The Kier molecular flexibility index (Phi) is 9.18. The van der Waals surface area contributed by atoms with E-state index in [9.17, 15) is 31.5 Å². The zero-order valence-corrected chi connectivity index (χ0v) is 24.2. The highest BCUT2D eigenvalue weighted by Gasteiger charge is 2.40. The normalized spacial score (nSPS) is 21.1. The molecule has 2 amide bonds. The van der Waals surface area contributed by atoms with Gasteiger partial charge in [0.1, 0.15) is 30.1 Å². The number of hydrogen-bond acceptors (Lipinski definition) is 6. The summed E-state index contributed by atoms with van der Waals surface area (Å²) in [5.41, 5.74) is 0.745. The van der Waals surface area contributed by atoms with Gasteiger partial charge in [0, 0.05) is 35.0 Å². The van der Waals surface area contributed by atoms with Gasteiger partial charge in [-0.15, -0.1) is 0 Å². The Morgan fingerprint density at radius 1 is 1.16 bits per heavy atom. The van der Waals surface area contributed by atoms with Crippen LogP contribution < -0.4 is 10.6 Å². The summed E-state index contributed by atoms with van der Waals surface area (Å²) in [5.74, 6) is -2.16. The van der Waals surface area contributed by atoms with Crippen LogP contribution in [0.2, 0.25) is 5.02 Å². The summed E-state index contributed by atoms with van der Waals surface area (Å²) < 4.78 is 81.7. The average molecular weight is 642 g/mol. The van der Waals surface area contributed by atoms with Crippen molar-refractivity contribution in [2.24, 2.45) is 0 Å². The highest BCUT2D eigenvalue weighted by atomic mass is 35.5. The molecular weight excluding hydrogens is 613 g/mol. The summed E-state index contributed by atoms with van der Waals surface area (Å²) in [4.78, 5) is 33.9. The molecule has 2 aromatic carbocycles. The molecule has 9 nitrogen and oxygen atoms in total. The topological polar surface area (TPSA) is 109 Å². The van der Waals surface area contributed by atoms with Crippen LogP contribution in [0, 0.1) is 11.6 Å². The minimum atomic E-state index is -4.58. The number of nitrogens with one attached hydrogen (secondary N) is 3. The SMILES string of the molecule is COC(=O)Nc1ccc2c(c1)NC(C(F)(F)F)CCCCC(N1CCC(c3c(F)ccc(Cl)c3F)COC1=O)c1ncc-2[nH]1. The molecule has 2 aliphatic heterocycles. The number of alkyl halides is 3. The zero-order chi connectivity index (χ0) is 31.6. The molecule has 0 radical (unpaired) electrons. The second-order valence-electron chi connectivity index (χ2n) is 10.6. The van der Waals surface area contributed by atoms with E-state index in [1.807, 2.05) is 0 Å². The maximum absolute atomic E-state index is 14.8. The second kappa shape index (κ2) is 12.9. The van der Waals surface area contributed by atoms with E-state index >= 15 is 0 Å². The lowest BCUT2D eigenvalue weighted by Gasteiger charge is -2.29. The largest absolute Gasteiger partial charge is 0.453 e. The first-order valence-corrected chi connectivity index (χ1v) is 14.3. The highest BCUT2D eigenvalue weighted by Crippen LogP contribution is 2.38. The molecule has 0 saturated carbocycles. The predicted molar refractivity (Wildman–Crippen MR) is 152 cm³/mol. The van der Waals surface area contributed by atoms with E-state index in [4.69, 9.17) is 16.3 Å². The van der Waals surface area contributed by atoms with Gasteiger partial charge in [0.25, 0.3) is 0 Å². The van der Waals surface area contributed by atoms with Crippen molar-refractivity contribution in [1.29, 1.82) is 0 Å². The highest BCUT2D eigenvalue weighted by molar-refractivity contribution is 6.30. The molecule has 5 rings (SSSR count). The summed E-state index contributed by atoms with van der Waals surface area (Å²) in [6, 6.07) is 3.94. The fraction of sp³-hybridized carbons (Fsp3) is 0.414. The minimum Gasteiger partial charge on any atom is -0.453 e. The third-order valence-electron chi connectivity index (χ3n) is 7.82. The number of amides is 2.